The molecule has 18 heavy (non-hydrogen) atoms. The Morgan fingerprint density at radius 2 is 2.17 bits per heavy atom. The van der Waals surface area contributed by atoms with Crippen LogP contribution >= 0.6 is 15.9 Å². The number of aromatic nitrogens is 2. The number of hydrogen-bond acceptors (Lipinski definition) is 2. The average molecular weight is 306 g/mol. The minimum atomic E-state index is 0.720. The molecule has 1 fully saturated rings. The topological polar surface area (TPSA) is 29.9 Å². The minimum Gasteiger partial charge on any atom is -0.310 e. The molecule has 1 aliphatic rings. The number of benzene rings is 1. The van der Waals surface area contributed by atoms with Crippen LogP contribution in [0.15, 0.2) is 34.9 Å². The van der Waals surface area contributed by atoms with Gasteiger partial charge in [0.25, 0.3) is 0 Å². The third-order valence-corrected chi connectivity index (χ3v) is 3.88. The van der Waals surface area contributed by atoms with Crippen molar-refractivity contribution in [2.45, 2.75) is 25.4 Å². The van der Waals surface area contributed by atoms with Crippen molar-refractivity contribution in [2.24, 2.45) is 7.05 Å². The molecule has 0 radical (unpaired) electrons. The fraction of sp³-hybridized carbons (Fsp3) is 0.357. The molecule has 0 atom stereocenters. The summed E-state index contributed by atoms with van der Waals surface area (Å²) in [5.41, 5.74) is 3.49. The van der Waals surface area contributed by atoms with Gasteiger partial charge in [-0.05, 0) is 18.9 Å². The first-order valence-electron chi connectivity index (χ1n) is 6.25. The lowest BCUT2D eigenvalue weighted by molar-refractivity contribution is 0.687. The summed E-state index contributed by atoms with van der Waals surface area (Å²) in [5.74, 6) is 0. The molecule has 0 amide bonds. The Kier molecular flexibility index (Phi) is 3.22. The summed E-state index contributed by atoms with van der Waals surface area (Å²) in [6.07, 6.45) is 4.72. The summed E-state index contributed by atoms with van der Waals surface area (Å²) in [6.45, 7) is 0.898. The first-order valence-corrected chi connectivity index (χ1v) is 7.04. The second kappa shape index (κ2) is 4.86. The standard InChI is InChI=1S/C14H16BrN3/c1-18-9-10(8-16-11-6-7-11)14(17-18)12-4-2-3-5-13(12)15/h2-5,9,11,16H,6-8H2,1H3. The molecule has 1 N–H and O–H groups in total. The zero-order valence-corrected chi connectivity index (χ0v) is 11.9. The average Bonchev–Trinajstić information content (AvgIpc) is 3.11. The van der Waals surface area contributed by atoms with Crippen molar-refractivity contribution in [1.29, 1.82) is 0 Å². The Balaban J connectivity index is 1.92. The Labute approximate surface area is 115 Å². The van der Waals surface area contributed by atoms with Gasteiger partial charge in [0.15, 0.2) is 0 Å². The Morgan fingerprint density at radius 3 is 2.89 bits per heavy atom. The fourth-order valence-corrected chi connectivity index (χ4v) is 2.56. The van der Waals surface area contributed by atoms with Gasteiger partial charge < -0.3 is 5.32 Å². The van der Waals surface area contributed by atoms with E-state index in [9.17, 15) is 0 Å². The number of aryl methyl sites for hydroxylation is 1. The summed E-state index contributed by atoms with van der Waals surface area (Å²) in [7, 11) is 1.97. The molecule has 1 saturated carbocycles. The van der Waals surface area contributed by atoms with Gasteiger partial charge in [0.05, 0.1) is 5.69 Å². The van der Waals surface area contributed by atoms with Gasteiger partial charge in [0.2, 0.25) is 0 Å². The lowest BCUT2D eigenvalue weighted by Gasteiger charge is -2.05. The second-order valence-electron chi connectivity index (χ2n) is 4.81. The zero-order chi connectivity index (χ0) is 12.5. The summed E-state index contributed by atoms with van der Waals surface area (Å²) in [4.78, 5) is 0. The highest BCUT2D eigenvalue weighted by Gasteiger charge is 2.21. The van der Waals surface area contributed by atoms with Crippen LogP contribution in [0, 0.1) is 0 Å². The Hall–Kier alpha value is -1.13. The largest absolute Gasteiger partial charge is 0.310 e. The van der Waals surface area contributed by atoms with Crippen molar-refractivity contribution < 1.29 is 0 Å². The molecule has 1 aromatic heterocycles. The van der Waals surface area contributed by atoms with E-state index in [-0.39, 0.29) is 0 Å². The van der Waals surface area contributed by atoms with Crippen molar-refractivity contribution >= 4 is 15.9 Å². The molecule has 1 aliphatic carbocycles. The predicted octanol–water partition coefficient (Wildman–Crippen LogP) is 3.10. The lowest BCUT2D eigenvalue weighted by atomic mass is 10.1. The molecule has 0 spiro atoms. The highest BCUT2D eigenvalue weighted by atomic mass is 79.9. The maximum atomic E-state index is 4.59. The maximum Gasteiger partial charge on any atom is 0.0979 e. The second-order valence-corrected chi connectivity index (χ2v) is 5.67. The molecule has 0 saturated heterocycles. The number of nitrogens with zero attached hydrogens (tertiary/aromatic N) is 2. The van der Waals surface area contributed by atoms with Gasteiger partial charge in [0.1, 0.15) is 0 Å². The number of nitrogens with one attached hydrogen (secondary N) is 1. The number of hydrogen-bond donors (Lipinski definition) is 1. The predicted molar refractivity (Wildman–Crippen MR) is 76.2 cm³/mol. The normalized spacial score (nSPS) is 15.0. The molecule has 0 aliphatic heterocycles. The van der Waals surface area contributed by atoms with E-state index in [2.05, 4.69) is 44.7 Å². The van der Waals surface area contributed by atoms with Gasteiger partial charge in [0, 0.05) is 41.4 Å². The van der Waals surface area contributed by atoms with Gasteiger partial charge >= 0.3 is 0 Å². The number of halogens is 1. The van der Waals surface area contributed by atoms with E-state index in [1.807, 2.05) is 23.9 Å². The molecule has 94 valence electrons. The molecular weight excluding hydrogens is 290 g/mol. The van der Waals surface area contributed by atoms with Crippen LogP contribution in [-0.4, -0.2) is 15.8 Å². The van der Waals surface area contributed by atoms with Gasteiger partial charge in [-0.25, -0.2) is 0 Å². The van der Waals surface area contributed by atoms with Crippen molar-refractivity contribution in [3.63, 3.8) is 0 Å². The lowest BCUT2D eigenvalue weighted by Crippen LogP contribution is -2.15. The molecule has 4 heteroatoms. The minimum absolute atomic E-state index is 0.720. The molecule has 1 aromatic carbocycles. The molecule has 0 bridgehead atoms. The van der Waals surface area contributed by atoms with Crippen molar-refractivity contribution in [3.05, 3.63) is 40.5 Å². The van der Waals surface area contributed by atoms with Crippen LogP contribution in [-0.2, 0) is 13.6 Å². The van der Waals surface area contributed by atoms with Gasteiger partial charge in [-0.3, -0.25) is 4.68 Å². The SMILES string of the molecule is Cn1cc(CNC2CC2)c(-c2ccccc2Br)n1. The van der Waals surface area contributed by atoms with Crippen molar-refractivity contribution in [2.75, 3.05) is 0 Å². The van der Waals surface area contributed by atoms with Crippen LogP contribution in [0.4, 0.5) is 0 Å². The van der Waals surface area contributed by atoms with E-state index >= 15 is 0 Å². The molecule has 2 aromatic rings. The highest BCUT2D eigenvalue weighted by molar-refractivity contribution is 9.10. The molecule has 3 nitrogen and oxygen atoms in total. The highest BCUT2D eigenvalue weighted by Crippen LogP contribution is 2.29. The fourth-order valence-electron chi connectivity index (χ4n) is 2.09. The smallest absolute Gasteiger partial charge is 0.0979 e. The maximum absolute atomic E-state index is 4.59. The van der Waals surface area contributed by atoms with Crippen LogP contribution in [0.3, 0.4) is 0 Å². The van der Waals surface area contributed by atoms with Gasteiger partial charge in [-0.15, -0.1) is 0 Å². The van der Waals surface area contributed by atoms with E-state index in [4.69, 9.17) is 0 Å². The summed E-state index contributed by atoms with van der Waals surface area (Å²) in [6, 6.07) is 8.96. The Bertz CT molecular complexity index is 558. The van der Waals surface area contributed by atoms with Crippen molar-refractivity contribution in [1.82, 2.24) is 15.1 Å². The van der Waals surface area contributed by atoms with E-state index in [0.29, 0.717) is 0 Å². The van der Waals surface area contributed by atoms with Crippen LogP contribution in [0.1, 0.15) is 18.4 Å². The van der Waals surface area contributed by atoms with Gasteiger partial charge in [-0.1, -0.05) is 34.1 Å². The molecular formula is C14H16BrN3. The quantitative estimate of drug-likeness (QED) is 0.940. The van der Waals surface area contributed by atoms with E-state index in [1.54, 1.807) is 0 Å². The first kappa shape index (κ1) is 11.9. The monoisotopic (exact) mass is 305 g/mol. The van der Waals surface area contributed by atoms with E-state index in [1.165, 1.54) is 18.4 Å². The van der Waals surface area contributed by atoms with E-state index < -0.39 is 0 Å². The summed E-state index contributed by atoms with van der Waals surface area (Å²) < 4.78 is 2.98. The van der Waals surface area contributed by atoms with Crippen LogP contribution in [0.25, 0.3) is 11.3 Å². The van der Waals surface area contributed by atoms with Crippen LogP contribution in [0.5, 0.6) is 0 Å². The van der Waals surface area contributed by atoms with Gasteiger partial charge in [-0.2, -0.15) is 5.10 Å². The zero-order valence-electron chi connectivity index (χ0n) is 10.4. The van der Waals surface area contributed by atoms with Crippen LogP contribution < -0.4 is 5.32 Å². The molecule has 3 rings (SSSR count). The third-order valence-electron chi connectivity index (χ3n) is 3.19. The van der Waals surface area contributed by atoms with Crippen molar-refractivity contribution in [3.8, 4) is 11.3 Å². The summed E-state index contributed by atoms with van der Waals surface area (Å²) >= 11 is 3.60. The first-order chi connectivity index (χ1) is 8.74. The van der Waals surface area contributed by atoms with E-state index in [0.717, 1.165) is 28.3 Å². The third kappa shape index (κ3) is 2.49. The molecule has 1 heterocycles. The summed E-state index contributed by atoms with van der Waals surface area (Å²) in [5, 5.41) is 8.13. The molecule has 0 unspecified atom stereocenters. The number of rotatable bonds is 4. The van der Waals surface area contributed by atoms with Crippen LogP contribution in [0.2, 0.25) is 0 Å². The Morgan fingerprint density at radius 1 is 1.39 bits per heavy atom.